The van der Waals surface area contributed by atoms with Crippen LogP contribution in [0.3, 0.4) is 0 Å². The fourth-order valence-electron chi connectivity index (χ4n) is 2.67. The van der Waals surface area contributed by atoms with Gasteiger partial charge in [-0.15, -0.1) is 0 Å². The molecule has 19 heavy (non-hydrogen) atoms. The average molecular weight is 258 g/mol. The van der Waals surface area contributed by atoms with Crippen molar-refractivity contribution in [3.05, 3.63) is 40.7 Å². The standard InChI is InChI=1S/C15H18N2O2/c16-14-9-12-3-1-2-4-13(12)15(18)17(14)7-5-11-6-8-19-10-11/h1-4,9,11H,5-8,10,16H2. The summed E-state index contributed by atoms with van der Waals surface area (Å²) in [6.45, 7) is 2.32. The molecule has 2 N–H and O–H groups in total. The molecule has 1 atom stereocenters. The van der Waals surface area contributed by atoms with E-state index in [2.05, 4.69) is 0 Å². The lowest BCUT2D eigenvalue weighted by molar-refractivity contribution is 0.183. The Labute approximate surface area is 111 Å². The molecule has 2 heterocycles. The maximum Gasteiger partial charge on any atom is 0.259 e. The third-order valence-electron chi connectivity index (χ3n) is 3.84. The Balaban J connectivity index is 1.91. The first-order valence-corrected chi connectivity index (χ1v) is 6.71. The van der Waals surface area contributed by atoms with Gasteiger partial charge in [0.1, 0.15) is 5.82 Å². The lowest BCUT2D eigenvalue weighted by atomic mass is 10.1. The summed E-state index contributed by atoms with van der Waals surface area (Å²) in [5, 5.41) is 1.64. The molecule has 1 aromatic heterocycles. The van der Waals surface area contributed by atoms with Crippen molar-refractivity contribution in [1.29, 1.82) is 0 Å². The van der Waals surface area contributed by atoms with Crippen molar-refractivity contribution < 1.29 is 4.74 Å². The summed E-state index contributed by atoms with van der Waals surface area (Å²) in [4.78, 5) is 12.4. The second-order valence-electron chi connectivity index (χ2n) is 5.13. The van der Waals surface area contributed by atoms with Gasteiger partial charge in [0.05, 0.1) is 0 Å². The van der Waals surface area contributed by atoms with Crippen LogP contribution in [0.5, 0.6) is 0 Å². The van der Waals surface area contributed by atoms with E-state index < -0.39 is 0 Å². The smallest absolute Gasteiger partial charge is 0.259 e. The molecule has 4 nitrogen and oxygen atoms in total. The van der Waals surface area contributed by atoms with Gasteiger partial charge in [-0.3, -0.25) is 9.36 Å². The van der Waals surface area contributed by atoms with Crippen LogP contribution >= 0.6 is 0 Å². The molecule has 1 aliphatic heterocycles. The maximum absolute atomic E-state index is 12.4. The molecule has 1 saturated heterocycles. The van der Waals surface area contributed by atoms with E-state index in [0.29, 0.717) is 18.3 Å². The van der Waals surface area contributed by atoms with E-state index in [1.807, 2.05) is 30.3 Å². The summed E-state index contributed by atoms with van der Waals surface area (Å²) in [6, 6.07) is 9.45. The second-order valence-corrected chi connectivity index (χ2v) is 5.13. The molecule has 1 aromatic carbocycles. The lowest BCUT2D eigenvalue weighted by Crippen LogP contribution is -2.24. The van der Waals surface area contributed by atoms with Crippen molar-refractivity contribution in [2.45, 2.75) is 19.4 Å². The van der Waals surface area contributed by atoms with Crippen LogP contribution in [0.25, 0.3) is 10.8 Å². The van der Waals surface area contributed by atoms with Crippen LogP contribution in [0.1, 0.15) is 12.8 Å². The van der Waals surface area contributed by atoms with Crippen LogP contribution in [0.15, 0.2) is 35.1 Å². The van der Waals surface area contributed by atoms with Gasteiger partial charge < -0.3 is 10.5 Å². The fourth-order valence-corrected chi connectivity index (χ4v) is 2.67. The van der Waals surface area contributed by atoms with Crippen LogP contribution in [-0.4, -0.2) is 17.8 Å². The summed E-state index contributed by atoms with van der Waals surface area (Å²) in [5.74, 6) is 1.10. The Hall–Kier alpha value is -1.81. The highest BCUT2D eigenvalue weighted by Crippen LogP contribution is 2.19. The van der Waals surface area contributed by atoms with Crippen molar-refractivity contribution >= 4 is 16.6 Å². The number of hydrogen-bond acceptors (Lipinski definition) is 3. The van der Waals surface area contributed by atoms with E-state index >= 15 is 0 Å². The van der Waals surface area contributed by atoms with Crippen LogP contribution < -0.4 is 11.3 Å². The Morgan fingerprint density at radius 3 is 3.00 bits per heavy atom. The molecular formula is C15H18N2O2. The number of nitrogens with two attached hydrogens (primary N) is 1. The molecule has 0 radical (unpaired) electrons. The molecule has 0 amide bonds. The van der Waals surface area contributed by atoms with Gasteiger partial charge in [-0.25, -0.2) is 0 Å². The number of hydrogen-bond donors (Lipinski definition) is 1. The number of pyridine rings is 1. The summed E-state index contributed by atoms with van der Waals surface area (Å²) in [6.07, 6.45) is 2.03. The molecule has 2 aromatic rings. The van der Waals surface area contributed by atoms with E-state index in [1.54, 1.807) is 4.57 Å². The Bertz CT molecular complexity index is 642. The molecule has 0 bridgehead atoms. The second kappa shape index (κ2) is 5.05. The minimum absolute atomic E-state index is 0.00881. The van der Waals surface area contributed by atoms with Gasteiger partial charge in [-0.05, 0) is 36.3 Å². The summed E-state index contributed by atoms with van der Waals surface area (Å²) >= 11 is 0. The summed E-state index contributed by atoms with van der Waals surface area (Å²) in [7, 11) is 0. The predicted octanol–water partition coefficient (Wildman–Crippen LogP) is 2.01. The zero-order valence-corrected chi connectivity index (χ0v) is 10.8. The number of anilines is 1. The van der Waals surface area contributed by atoms with E-state index in [-0.39, 0.29) is 5.56 Å². The molecular weight excluding hydrogens is 240 g/mol. The maximum atomic E-state index is 12.4. The SMILES string of the molecule is Nc1cc2ccccc2c(=O)n1CCC1CCOC1. The van der Waals surface area contributed by atoms with Crippen molar-refractivity contribution in [2.75, 3.05) is 18.9 Å². The van der Waals surface area contributed by atoms with Crippen LogP contribution in [0.4, 0.5) is 5.82 Å². The molecule has 1 aliphatic rings. The van der Waals surface area contributed by atoms with Gasteiger partial charge in [0.15, 0.2) is 0 Å². The number of nitrogens with zero attached hydrogens (tertiary/aromatic N) is 1. The van der Waals surface area contributed by atoms with Crippen LogP contribution in [-0.2, 0) is 11.3 Å². The van der Waals surface area contributed by atoms with E-state index in [1.165, 1.54) is 0 Å². The van der Waals surface area contributed by atoms with Crippen molar-refractivity contribution in [3.63, 3.8) is 0 Å². The Morgan fingerprint density at radius 1 is 1.37 bits per heavy atom. The van der Waals surface area contributed by atoms with E-state index in [0.717, 1.165) is 36.8 Å². The third-order valence-corrected chi connectivity index (χ3v) is 3.84. The first-order valence-electron chi connectivity index (χ1n) is 6.71. The first kappa shape index (κ1) is 12.2. The van der Waals surface area contributed by atoms with Crippen molar-refractivity contribution in [2.24, 2.45) is 5.92 Å². The van der Waals surface area contributed by atoms with Crippen LogP contribution in [0, 0.1) is 5.92 Å². The van der Waals surface area contributed by atoms with Gasteiger partial charge in [-0.2, -0.15) is 0 Å². The number of fused-ring (bicyclic) bond motifs is 1. The van der Waals surface area contributed by atoms with Crippen LogP contribution in [0.2, 0.25) is 0 Å². The topological polar surface area (TPSA) is 57.2 Å². The van der Waals surface area contributed by atoms with E-state index in [4.69, 9.17) is 10.5 Å². The van der Waals surface area contributed by atoms with E-state index in [9.17, 15) is 4.79 Å². The Morgan fingerprint density at radius 2 is 2.21 bits per heavy atom. The lowest BCUT2D eigenvalue weighted by Gasteiger charge is -2.13. The quantitative estimate of drug-likeness (QED) is 0.916. The highest BCUT2D eigenvalue weighted by atomic mass is 16.5. The average Bonchev–Trinajstić information content (AvgIpc) is 2.92. The third kappa shape index (κ3) is 2.36. The van der Waals surface area contributed by atoms with Gasteiger partial charge in [0.25, 0.3) is 5.56 Å². The van der Waals surface area contributed by atoms with Crippen molar-refractivity contribution in [1.82, 2.24) is 4.57 Å². The predicted molar refractivity (Wildman–Crippen MR) is 76.2 cm³/mol. The first-order chi connectivity index (χ1) is 9.25. The summed E-state index contributed by atoms with van der Waals surface area (Å²) in [5.41, 5.74) is 6.01. The largest absolute Gasteiger partial charge is 0.385 e. The minimum Gasteiger partial charge on any atom is -0.385 e. The number of benzene rings is 1. The molecule has 1 unspecified atom stereocenters. The number of ether oxygens (including phenoxy) is 1. The number of nitrogen functional groups attached to an aromatic ring is 1. The zero-order valence-electron chi connectivity index (χ0n) is 10.8. The van der Waals surface area contributed by atoms with Gasteiger partial charge in [-0.1, -0.05) is 18.2 Å². The fraction of sp³-hybridized carbons (Fsp3) is 0.400. The zero-order chi connectivity index (χ0) is 13.2. The molecule has 4 heteroatoms. The molecule has 3 rings (SSSR count). The normalized spacial score (nSPS) is 19.1. The molecule has 0 saturated carbocycles. The molecule has 1 fully saturated rings. The van der Waals surface area contributed by atoms with Gasteiger partial charge in [0.2, 0.25) is 0 Å². The highest BCUT2D eigenvalue weighted by molar-refractivity contribution is 5.83. The van der Waals surface area contributed by atoms with Gasteiger partial charge in [0, 0.05) is 25.1 Å². The van der Waals surface area contributed by atoms with Gasteiger partial charge >= 0.3 is 0 Å². The number of aromatic nitrogens is 1. The highest BCUT2D eigenvalue weighted by Gasteiger charge is 2.16. The molecule has 0 spiro atoms. The Kier molecular flexibility index (Phi) is 3.25. The monoisotopic (exact) mass is 258 g/mol. The molecule has 0 aliphatic carbocycles. The minimum atomic E-state index is 0.00881. The number of rotatable bonds is 3. The molecule has 100 valence electrons. The van der Waals surface area contributed by atoms with Crippen molar-refractivity contribution in [3.8, 4) is 0 Å². The summed E-state index contributed by atoms with van der Waals surface area (Å²) < 4.78 is 7.04.